The number of hydrogen-bond donors (Lipinski definition) is 1. The molecule has 0 amide bonds. The second-order valence-corrected chi connectivity index (χ2v) is 7.10. The van der Waals surface area contributed by atoms with Crippen LogP contribution in [0.2, 0.25) is 10.0 Å². The van der Waals surface area contributed by atoms with Gasteiger partial charge in [0.25, 0.3) is 0 Å². The van der Waals surface area contributed by atoms with Crippen LogP contribution in [0, 0.1) is 5.92 Å². The van der Waals surface area contributed by atoms with Crippen molar-refractivity contribution in [2.24, 2.45) is 11.7 Å². The molecule has 0 aliphatic rings. The number of ether oxygens (including phenoxy) is 1. The standard InChI is InChI=1S/C17H27Cl2NO/c1-4-5-6-7-8-13(17(2,3)20)12-21-16-10-9-14(18)11-15(16)19/h9-11,13H,4-8,12,20H2,1-3H3. The number of unbranched alkanes of at least 4 members (excludes halogenated alkanes) is 3. The van der Waals surface area contributed by atoms with Crippen LogP contribution in [0.1, 0.15) is 52.9 Å². The van der Waals surface area contributed by atoms with Gasteiger partial charge in [0.05, 0.1) is 11.6 Å². The Hall–Kier alpha value is -0.440. The molecule has 0 bridgehead atoms. The zero-order valence-corrected chi connectivity index (χ0v) is 14.8. The topological polar surface area (TPSA) is 35.2 Å². The molecule has 0 heterocycles. The van der Waals surface area contributed by atoms with E-state index in [0.29, 0.717) is 28.3 Å². The van der Waals surface area contributed by atoms with E-state index in [2.05, 4.69) is 20.8 Å². The van der Waals surface area contributed by atoms with Gasteiger partial charge in [0.1, 0.15) is 5.75 Å². The number of rotatable bonds is 9. The molecular weight excluding hydrogens is 305 g/mol. The summed E-state index contributed by atoms with van der Waals surface area (Å²) in [5.41, 5.74) is 6.03. The molecule has 2 N–H and O–H groups in total. The van der Waals surface area contributed by atoms with Gasteiger partial charge in [-0.3, -0.25) is 0 Å². The molecule has 0 spiro atoms. The molecule has 1 rings (SSSR count). The van der Waals surface area contributed by atoms with Gasteiger partial charge in [0, 0.05) is 16.5 Å². The second kappa shape index (κ2) is 8.87. The van der Waals surface area contributed by atoms with E-state index in [4.69, 9.17) is 33.7 Å². The highest BCUT2D eigenvalue weighted by molar-refractivity contribution is 6.35. The largest absolute Gasteiger partial charge is 0.492 e. The number of halogens is 2. The quantitative estimate of drug-likeness (QED) is 0.589. The van der Waals surface area contributed by atoms with Crippen molar-refractivity contribution >= 4 is 23.2 Å². The Kier molecular flexibility index (Phi) is 7.86. The summed E-state index contributed by atoms with van der Waals surface area (Å²) >= 11 is 12.0. The van der Waals surface area contributed by atoms with Crippen molar-refractivity contribution in [2.75, 3.05) is 6.61 Å². The fraction of sp³-hybridized carbons (Fsp3) is 0.647. The maximum absolute atomic E-state index is 6.29. The summed E-state index contributed by atoms with van der Waals surface area (Å²) in [4.78, 5) is 0. The van der Waals surface area contributed by atoms with Crippen LogP contribution >= 0.6 is 23.2 Å². The fourth-order valence-corrected chi connectivity index (χ4v) is 2.73. The lowest BCUT2D eigenvalue weighted by atomic mass is 9.85. The summed E-state index contributed by atoms with van der Waals surface area (Å²) in [5, 5.41) is 1.16. The van der Waals surface area contributed by atoms with Crippen LogP contribution in [0.15, 0.2) is 18.2 Å². The normalized spacial score (nSPS) is 13.2. The SMILES string of the molecule is CCCCCCC(COc1ccc(Cl)cc1Cl)C(C)(C)N. The molecule has 1 unspecified atom stereocenters. The third-order valence-electron chi connectivity index (χ3n) is 3.79. The second-order valence-electron chi connectivity index (χ2n) is 6.25. The Morgan fingerprint density at radius 1 is 1.19 bits per heavy atom. The van der Waals surface area contributed by atoms with E-state index in [-0.39, 0.29) is 5.54 Å². The third kappa shape index (κ3) is 6.90. The average molecular weight is 332 g/mol. The monoisotopic (exact) mass is 331 g/mol. The van der Waals surface area contributed by atoms with Gasteiger partial charge in [-0.1, -0.05) is 55.8 Å². The van der Waals surface area contributed by atoms with Crippen molar-refractivity contribution in [3.63, 3.8) is 0 Å². The molecule has 0 saturated carbocycles. The minimum atomic E-state index is -0.259. The van der Waals surface area contributed by atoms with Gasteiger partial charge in [0.15, 0.2) is 0 Å². The lowest BCUT2D eigenvalue weighted by molar-refractivity contribution is 0.175. The molecular formula is C17H27Cl2NO. The summed E-state index contributed by atoms with van der Waals surface area (Å²) in [7, 11) is 0. The zero-order chi connectivity index (χ0) is 15.9. The average Bonchev–Trinajstić information content (AvgIpc) is 2.38. The van der Waals surface area contributed by atoms with E-state index in [1.54, 1.807) is 12.1 Å². The lowest BCUT2D eigenvalue weighted by Crippen LogP contribution is -2.43. The smallest absolute Gasteiger partial charge is 0.137 e. The van der Waals surface area contributed by atoms with Crippen molar-refractivity contribution in [1.82, 2.24) is 0 Å². The molecule has 21 heavy (non-hydrogen) atoms. The molecule has 2 nitrogen and oxygen atoms in total. The van der Waals surface area contributed by atoms with Crippen LogP contribution in [-0.4, -0.2) is 12.1 Å². The minimum Gasteiger partial charge on any atom is -0.492 e. The molecule has 0 aliphatic heterocycles. The van der Waals surface area contributed by atoms with E-state index in [0.717, 1.165) is 6.42 Å². The summed E-state index contributed by atoms with van der Waals surface area (Å²) < 4.78 is 5.87. The highest BCUT2D eigenvalue weighted by atomic mass is 35.5. The molecule has 0 saturated heterocycles. The number of benzene rings is 1. The van der Waals surface area contributed by atoms with Gasteiger partial charge in [-0.15, -0.1) is 0 Å². The highest BCUT2D eigenvalue weighted by Gasteiger charge is 2.25. The maximum atomic E-state index is 6.29. The first-order valence-electron chi connectivity index (χ1n) is 7.71. The predicted octanol–water partition coefficient (Wildman–Crippen LogP) is 5.70. The van der Waals surface area contributed by atoms with Gasteiger partial charge in [-0.2, -0.15) is 0 Å². The molecule has 0 aliphatic carbocycles. The van der Waals surface area contributed by atoms with E-state index >= 15 is 0 Å². The van der Waals surface area contributed by atoms with Crippen molar-refractivity contribution in [2.45, 2.75) is 58.4 Å². The van der Waals surface area contributed by atoms with Crippen molar-refractivity contribution in [1.29, 1.82) is 0 Å². The van der Waals surface area contributed by atoms with Gasteiger partial charge in [-0.25, -0.2) is 0 Å². The van der Waals surface area contributed by atoms with Crippen LogP contribution in [0.3, 0.4) is 0 Å². The minimum absolute atomic E-state index is 0.259. The van der Waals surface area contributed by atoms with Crippen LogP contribution in [0.25, 0.3) is 0 Å². The molecule has 1 atom stereocenters. The first-order valence-corrected chi connectivity index (χ1v) is 8.47. The zero-order valence-electron chi connectivity index (χ0n) is 13.3. The van der Waals surface area contributed by atoms with Gasteiger partial charge < -0.3 is 10.5 Å². The molecule has 1 aromatic carbocycles. The van der Waals surface area contributed by atoms with Crippen molar-refractivity contribution in [3.05, 3.63) is 28.2 Å². The molecule has 4 heteroatoms. The molecule has 0 aromatic heterocycles. The lowest BCUT2D eigenvalue weighted by Gasteiger charge is -2.30. The highest BCUT2D eigenvalue weighted by Crippen LogP contribution is 2.29. The van der Waals surface area contributed by atoms with Crippen LogP contribution in [0.5, 0.6) is 5.75 Å². The van der Waals surface area contributed by atoms with Crippen LogP contribution in [-0.2, 0) is 0 Å². The summed E-state index contributed by atoms with van der Waals surface area (Å²) in [5.74, 6) is 0.977. The Morgan fingerprint density at radius 3 is 2.48 bits per heavy atom. The molecule has 1 aromatic rings. The van der Waals surface area contributed by atoms with Gasteiger partial charge >= 0.3 is 0 Å². The first kappa shape index (κ1) is 18.6. The number of hydrogen-bond acceptors (Lipinski definition) is 2. The van der Waals surface area contributed by atoms with E-state index in [1.807, 2.05) is 6.07 Å². The van der Waals surface area contributed by atoms with Gasteiger partial charge in [0.2, 0.25) is 0 Å². The fourth-order valence-electron chi connectivity index (χ4n) is 2.27. The van der Waals surface area contributed by atoms with Crippen molar-refractivity contribution in [3.8, 4) is 5.75 Å². The van der Waals surface area contributed by atoms with E-state index < -0.39 is 0 Å². The summed E-state index contributed by atoms with van der Waals surface area (Å²) in [6.07, 6.45) is 6.05. The van der Waals surface area contributed by atoms with E-state index in [9.17, 15) is 0 Å². The Bertz CT molecular complexity index is 429. The summed E-state index contributed by atoms with van der Waals surface area (Å²) in [6.45, 7) is 6.92. The van der Waals surface area contributed by atoms with Crippen LogP contribution < -0.4 is 10.5 Å². The van der Waals surface area contributed by atoms with Crippen molar-refractivity contribution < 1.29 is 4.74 Å². The molecule has 120 valence electrons. The molecule has 0 fully saturated rings. The Balaban J connectivity index is 2.56. The third-order valence-corrected chi connectivity index (χ3v) is 4.32. The Labute approximate surface area is 139 Å². The predicted molar refractivity (Wildman–Crippen MR) is 92.5 cm³/mol. The van der Waals surface area contributed by atoms with Crippen LogP contribution in [0.4, 0.5) is 0 Å². The number of nitrogens with two attached hydrogens (primary N) is 1. The maximum Gasteiger partial charge on any atom is 0.137 e. The first-order chi connectivity index (χ1) is 9.84. The summed E-state index contributed by atoms with van der Waals surface area (Å²) in [6, 6.07) is 5.29. The van der Waals surface area contributed by atoms with Gasteiger partial charge in [-0.05, 0) is 38.5 Å². The Morgan fingerprint density at radius 2 is 1.90 bits per heavy atom. The van der Waals surface area contributed by atoms with E-state index in [1.165, 1.54) is 25.7 Å². The molecule has 0 radical (unpaired) electrons.